The van der Waals surface area contributed by atoms with Crippen molar-refractivity contribution in [3.05, 3.63) is 17.2 Å². The van der Waals surface area contributed by atoms with Crippen LogP contribution in [0.25, 0.3) is 0 Å². The molecule has 0 amide bonds. The Hall–Kier alpha value is -1.27. The maximum atomic E-state index is 12.8. The van der Waals surface area contributed by atoms with Crippen LogP contribution in [0.4, 0.5) is 4.39 Å². The van der Waals surface area contributed by atoms with Crippen LogP contribution in [0.15, 0.2) is 6.20 Å². The minimum atomic E-state index is -0.742. The van der Waals surface area contributed by atoms with Gasteiger partial charge in [-0.1, -0.05) is 11.6 Å². The number of carbonyl (C=O) groups excluding carboxylic acids is 1. The molecular weight excluding hydrogens is 249 g/mol. The Morgan fingerprint density at radius 1 is 1.53 bits per heavy atom. The lowest BCUT2D eigenvalue weighted by atomic mass is 9.99. The van der Waals surface area contributed by atoms with Crippen molar-refractivity contribution in [3.63, 3.8) is 0 Å². The van der Waals surface area contributed by atoms with Gasteiger partial charge in [0.1, 0.15) is 0 Å². The van der Waals surface area contributed by atoms with E-state index in [1.165, 1.54) is 0 Å². The highest BCUT2D eigenvalue weighted by atomic mass is 35.5. The summed E-state index contributed by atoms with van der Waals surface area (Å²) in [5.74, 6) is -1.30. The number of hydrogen-bond acceptors (Lipinski definition) is 5. The summed E-state index contributed by atoms with van der Waals surface area (Å²) in [5, 5.41) is 2.79. The topological polar surface area (TPSA) is 64.1 Å². The second-order valence-corrected chi connectivity index (χ2v) is 4.09. The molecular formula is C10H11ClFN3O2. The fourth-order valence-corrected chi connectivity index (χ4v) is 1.73. The van der Waals surface area contributed by atoms with Crippen molar-refractivity contribution in [1.29, 1.82) is 0 Å². The SMILES string of the molecule is O=C(Oc1ncc(F)c(Cl)n1)C1CCNCC1. The lowest BCUT2D eigenvalue weighted by Gasteiger charge is -2.20. The zero-order chi connectivity index (χ0) is 12.3. The first kappa shape index (κ1) is 12.2. The lowest BCUT2D eigenvalue weighted by molar-refractivity contribution is -0.140. The number of esters is 1. The average Bonchev–Trinajstić information content (AvgIpc) is 2.35. The van der Waals surface area contributed by atoms with E-state index in [2.05, 4.69) is 15.3 Å². The smallest absolute Gasteiger partial charge is 0.325 e. The molecule has 2 heterocycles. The molecule has 0 bridgehead atoms. The average molecular weight is 260 g/mol. The number of nitrogens with zero attached hydrogens (tertiary/aromatic N) is 2. The van der Waals surface area contributed by atoms with E-state index in [1.807, 2.05) is 0 Å². The summed E-state index contributed by atoms with van der Waals surface area (Å²) in [5.41, 5.74) is 0. The van der Waals surface area contributed by atoms with E-state index in [-0.39, 0.29) is 17.1 Å². The predicted octanol–water partition coefficient (Wildman–Crippen LogP) is 1.17. The summed E-state index contributed by atoms with van der Waals surface area (Å²) in [6.07, 6.45) is 2.31. The summed E-state index contributed by atoms with van der Waals surface area (Å²) in [6, 6.07) is -0.208. The first-order valence-electron chi connectivity index (χ1n) is 5.27. The Kier molecular flexibility index (Phi) is 3.86. The molecule has 1 aromatic heterocycles. The fraction of sp³-hybridized carbons (Fsp3) is 0.500. The van der Waals surface area contributed by atoms with Crippen molar-refractivity contribution in [2.24, 2.45) is 5.92 Å². The second-order valence-electron chi connectivity index (χ2n) is 3.74. The molecule has 0 aliphatic carbocycles. The predicted molar refractivity (Wildman–Crippen MR) is 58.2 cm³/mol. The molecule has 0 spiro atoms. The van der Waals surface area contributed by atoms with Crippen LogP contribution in [0.1, 0.15) is 12.8 Å². The van der Waals surface area contributed by atoms with Gasteiger partial charge in [-0.25, -0.2) is 9.37 Å². The number of aromatic nitrogens is 2. The number of piperidine rings is 1. The van der Waals surface area contributed by atoms with Crippen molar-refractivity contribution in [1.82, 2.24) is 15.3 Å². The summed E-state index contributed by atoms with van der Waals surface area (Å²) in [7, 11) is 0. The van der Waals surface area contributed by atoms with Crippen LogP contribution in [0, 0.1) is 11.7 Å². The standard InChI is InChI=1S/C10H11ClFN3O2/c11-8-7(12)5-14-10(15-8)17-9(16)6-1-3-13-4-2-6/h5-6,13H,1-4H2. The fourth-order valence-electron chi connectivity index (χ4n) is 1.61. The number of nitrogens with one attached hydrogen (secondary N) is 1. The molecule has 2 rings (SSSR count). The Morgan fingerprint density at radius 3 is 2.88 bits per heavy atom. The lowest BCUT2D eigenvalue weighted by Crippen LogP contribution is -2.34. The molecule has 1 saturated heterocycles. The van der Waals surface area contributed by atoms with Gasteiger partial charge in [0.2, 0.25) is 0 Å². The first-order chi connectivity index (χ1) is 8.16. The third kappa shape index (κ3) is 3.10. The molecule has 92 valence electrons. The number of hydrogen-bond donors (Lipinski definition) is 1. The zero-order valence-corrected chi connectivity index (χ0v) is 9.71. The van der Waals surface area contributed by atoms with Crippen molar-refractivity contribution < 1.29 is 13.9 Å². The molecule has 1 aliphatic heterocycles. The van der Waals surface area contributed by atoms with Crippen LogP contribution < -0.4 is 10.1 Å². The van der Waals surface area contributed by atoms with E-state index in [0.29, 0.717) is 12.8 Å². The van der Waals surface area contributed by atoms with Gasteiger partial charge in [0.05, 0.1) is 12.1 Å². The van der Waals surface area contributed by atoms with Crippen LogP contribution in [-0.4, -0.2) is 29.0 Å². The van der Waals surface area contributed by atoms with Crippen molar-refractivity contribution in [2.75, 3.05) is 13.1 Å². The molecule has 1 N–H and O–H groups in total. The van der Waals surface area contributed by atoms with E-state index >= 15 is 0 Å². The Labute approximate surface area is 102 Å². The number of ether oxygens (including phenoxy) is 1. The van der Waals surface area contributed by atoms with Crippen molar-refractivity contribution in [3.8, 4) is 6.01 Å². The normalized spacial score (nSPS) is 16.8. The van der Waals surface area contributed by atoms with Crippen LogP contribution >= 0.6 is 11.6 Å². The monoisotopic (exact) mass is 259 g/mol. The van der Waals surface area contributed by atoms with Crippen molar-refractivity contribution in [2.45, 2.75) is 12.8 Å². The first-order valence-corrected chi connectivity index (χ1v) is 5.65. The van der Waals surface area contributed by atoms with Gasteiger partial charge >= 0.3 is 12.0 Å². The quantitative estimate of drug-likeness (QED) is 0.638. The van der Waals surface area contributed by atoms with Gasteiger partial charge < -0.3 is 10.1 Å². The van der Waals surface area contributed by atoms with Crippen LogP contribution in [-0.2, 0) is 4.79 Å². The minimum absolute atomic E-state index is 0.163. The van der Waals surface area contributed by atoms with Gasteiger partial charge in [0, 0.05) is 0 Å². The summed E-state index contributed by atoms with van der Waals surface area (Å²) in [6.45, 7) is 1.57. The van der Waals surface area contributed by atoms with E-state index in [9.17, 15) is 9.18 Å². The van der Waals surface area contributed by atoms with E-state index < -0.39 is 11.8 Å². The molecule has 1 aliphatic rings. The van der Waals surface area contributed by atoms with E-state index in [1.54, 1.807) is 0 Å². The highest BCUT2D eigenvalue weighted by molar-refractivity contribution is 6.29. The molecule has 0 unspecified atom stereocenters. The maximum Gasteiger partial charge on any atom is 0.325 e. The Morgan fingerprint density at radius 2 is 2.24 bits per heavy atom. The van der Waals surface area contributed by atoms with Gasteiger partial charge in [0.15, 0.2) is 11.0 Å². The number of carbonyl (C=O) groups is 1. The molecule has 17 heavy (non-hydrogen) atoms. The highest BCUT2D eigenvalue weighted by Gasteiger charge is 2.23. The molecule has 0 saturated carbocycles. The van der Waals surface area contributed by atoms with E-state index in [4.69, 9.17) is 16.3 Å². The second kappa shape index (κ2) is 5.37. The summed E-state index contributed by atoms with van der Waals surface area (Å²) < 4.78 is 17.7. The molecule has 1 aromatic rings. The molecule has 0 aromatic carbocycles. The third-order valence-corrected chi connectivity index (χ3v) is 2.81. The third-order valence-electron chi connectivity index (χ3n) is 2.54. The number of rotatable bonds is 2. The summed E-state index contributed by atoms with van der Waals surface area (Å²) >= 11 is 5.46. The van der Waals surface area contributed by atoms with E-state index in [0.717, 1.165) is 19.3 Å². The van der Waals surface area contributed by atoms with Gasteiger partial charge in [-0.15, -0.1) is 0 Å². The minimum Gasteiger partial charge on any atom is -0.391 e. The Balaban J connectivity index is 1.99. The zero-order valence-electron chi connectivity index (χ0n) is 8.95. The van der Waals surface area contributed by atoms with Crippen LogP contribution in [0.3, 0.4) is 0 Å². The molecule has 7 heteroatoms. The van der Waals surface area contributed by atoms with Gasteiger partial charge in [0.25, 0.3) is 0 Å². The number of halogens is 2. The van der Waals surface area contributed by atoms with Crippen LogP contribution in [0.2, 0.25) is 5.15 Å². The van der Waals surface area contributed by atoms with Crippen molar-refractivity contribution >= 4 is 17.6 Å². The van der Waals surface area contributed by atoms with Gasteiger partial charge in [-0.3, -0.25) is 4.79 Å². The molecule has 1 fully saturated rings. The maximum absolute atomic E-state index is 12.8. The summed E-state index contributed by atoms with van der Waals surface area (Å²) in [4.78, 5) is 18.8. The highest BCUT2D eigenvalue weighted by Crippen LogP contribution is 2.17. The molecule has 5 nitrogen and oxygen atoms in total. The van der Waals surface area contributed by atoms with Crippen LogP contribution in [0.5, 0.6) is 6.01 Å². The Bertz CT molecular complexity index is 424. The molecule has 0 atom stereocenters. The van der Waals surface area contributed by atoms with Gasteiger partial charge in [-0.2, -0.15) is 4.98 Å². The molecule has 0 radical (unpaired) electrons. The largest absolute Gasteiger partial charge is 0.391 e. The van der Waals surface area contributed by atoms with Gasteiger partial charge in [-0.05, 0) is 25.9 Å².